The molecule has 0 saturated carbocycles. The van der Waals surface area contributed by atoms with Gasteiger partial charge in [-0.2, -0.15) is 5.26 Å². The number of carbonyl (C=O) groups is 2. The average Bonchev–Trinajstić information content (AvgIpc) is 3.14. The van der Waals surface area contributed by atoms with E-state index in [1.165, 1.54) is 12.3 Å². The minimum absolute atomic E-state index is 0.156. The molecule has 3 aromatic rings. The highest BCUT2D eigenvalue weighted by Gasteiger charge is 2.24. The number of nitrogens with one attached hydrogen (secondary N) is 1. The number of nitriles is 1. The van der Waals surface area contributed by atoms with E-state index >= 15 is 0 Å². The lowest BCUT2D eigenvalue weighted by Gasteiger charge is -2.31. The summed E-state index contributed by atoms with van der Waals surface area (Å²) in [6.07, 6.45) is 1.51. The van der Waals surface area contributed by atoms with Crippen molar-refractivity contribution in [3.8, 4) is 6.07 Å². The quantitative estimate of drug-likeness (QED) is 0.626. The molecule has 2 N–H and O–H groups in total. The Morgan fingerprint density at radius 2 is 1.79 bits per heavy atom. The molecular weight excluding hydrogens is 420 g/mol. The van der Waals surface area contributed by atoms with Gasteiger partial charge in [-0.25, -0.2) is 9.97 Å². The van der Waals surface area contributed by atoms with Crippen molar-refractivity contribution in [2.75, 3.05) is 19.5 Å². The molecule has 2 amide bonds. The number of aryl methyl sites for hydroxylation is 1. The Hall–Kier alpha value is -3.77. The van der Waals surface area contributed by atoms with Crippen molar-refractivity contribution in [2.45, 2.75) is 40.2 Å². The fourth-order valence-corrected chi connectivity index (χ4v) is 2.71. The maximum Gasteiger partial charge on any atom is 0.258 e. The Bertz CT molecular complexity index is 1160. The molecule has 0 atom stereocenters. The summed E-state index contributed by atoms with van der Waals surface area (Å²) >= 11 is 0. The Labute approximate surface area is 194 Å². The number of fused-ring (bicyclic) bond motifs is 1. The van der Waals surface area contributed by atoms with Crippen molar-refractivity contribution < 1.29 is 14.7 Å². The molecular formula is C24H32N6O3. The second-order valence-electron chi connectivity index (χ2n) is 7.74. The van der Waals surface area contributed by atoms with Crippen LogP contribution >= 0.6 is 0 Å². The van der Waals surface area contributed by atoms with Crippen LogP contribution in [-0.2, 0) is 7.05 Å². The third-order valence-corrected chi connectivity index (χ3v) is 4.75. The van der Waals surface area contributed by atoms with Crippen LogP contribution in [0.4, 0.5) is 5.95 Å². The highest BCUT2D eigenvalue weighted by atomic mass is 16.2. The Morgan fingerprint density at radius 1 is 1.15 bits per heavy atom. The van der Waals surface area contributed by atoms with Crippen LogP contribution in [0.2, 0.25) is 0 Å². The third-order valence-electron chi connectivity index (χ3n) is 4.75. The average molecular weight is 453 g/mol. The van der Waals surface area contributed by atoms with Crippen LogP contribution in [0.1, 0.15) is 60.9 Å². The number of hydrogen-bond donors (Lipinski definition) is 2. The maximum absolute atomic E-state index is 12.7. The van der Waals surface area contributed by atoms with E-state index in [1.54, 1.807) is 47.8 Å². The van der Waals surface area contributed by atoms with Gasteiger partial charge in [-0.05, 0) is 45.0 Å². The van der Waals surface area contributed by atoms with Crippen molar-refractivity contribution in [1.29, 1.82) is 5.26 Å². The number of carbonyl (C=O) groups excluding carboxylic acids is 2. The van der Waals surface area contributed by atoms with Gasteiger partial charge in [0.25, 0.3) is 11.8 Å². The topological polar surface area (TPSA) is 124 Å². The van der Waals surface area contributed by atoms with Crippen LogP contribution in [-0.4, -0.2) is 56.1 Å². The van der Waals surface area contributed by atoms with E-state index in [0.717, 1.165) is 7.11 Å². The van der Waals surface area contributed by atoms with Crippen LogP contribution in [0.25, 0.3) is 11.2 Å². The zero-order chi connectivity index (χ0) is 25.3. The molecule has 1 aromatic carbocycles. The second kappa shape index (κ2) is 11.7. The molecule has 176 valence electrons. The molecule has 33 heavy (non-hydrogen) atoms. The number of nitrogens with zero attached hydrogens (tertiary/aromatic N) is 5. The van der Waals surface area contributed by atoms with Crippen molar-refractivity contribution in [1.82, 2.24) is 19.4 Å². The monoisotopic (exact) mass is 452 g/mol. The molecule has 3 rings (SSSR count). The van der Waals surface area contributed by atoms with Gasteiger partial charge in [0.2, 0.25) is 5.95 Å². The van der Waals surface area contributed by atoms with Crippen molar-refractivity contribution >= 4 is 28.9 Å². The zero-order valence-corrected chi connectivity index (χ0v) is 20.5. The third kappa shape index (κ3) is 6.37. The Balaban J connectivity index is 0.00000129. The van der Waals surface area contributed by atoms with Gasteiger partial charge in [-0.15, -0.1) is 0 Å². The molecule has 9 heteroatoms. The predicted molar refractivity (Wildman–Crippen MR) is 129 cm³/mol. The maximum atomic E-state index is 12.7. The number of aliphatic hydroxyl groups is 1. The molecule has 9 nitrogen and oxygen atoms in total. The highest BCUT2D eigenvalue weighted by Crippen LogP contribution is 2.21. The Kier molecular flexibility index (Phi) is 9.70. The Morgan fingerprint density at radius 3 is 2.36 bits per heavy atom. The summed E-state index contributed by atoms with van der Waals surface area (Å²) in [5.74, 6) is -0.241. The van der Waals surface area contributed by atoms with Crippen LogP contribution in [0.5, 0.6) is 0 Å². The largest absolute Gasteiger partial charge is 0.400 e. The lowest BCUT2D eigenvalue weighted by atomic mass is 10.1. The molecule has 0 radical (unpaired) electrons. The molecule has 0 bridgehead atoms. The summed E-state index contributed by atoms with van der Waals surface area (Å²) in [5, 5.41) is 18.7. The van der Waals surface area contributed by atoms with Gasteiger partial charge < -0.3 is 10.0 Å². The molecule has 0 fully saturated rings. The van der Waals surface area contributed by atoms with Gasteiger partial charge in [0.05, 0.1) is 17.2 Å². The van der Waals surface area contributed by atoms with Gasteiger partial charge >= 0.3 is 0 Å². The first kappa shape index (κ1) is 27.3. The standard InChI is InChI=1S/C21H22N6O2.C2H6.CH4O/c1-21(2,3)27(5)19(29)15-10-16-17(23-12-15)26(4)20(24-16)25-18(28)14-8-6-7-13(9-14)11-22;2*1-2/h6-10,12H,1-5H3,(H,24,25,28);1-2H3;2H,1H3. The smallest absolute Gasteiger partial charge is 0.258 e. The molecule has 0 unspecified atom stereocenters. The van der Waals surface area contributed by atoms with Gasteiger partial charge in [0.15, 0.2) is 5.65 Å². The normalized spacial score (nSPS) is 10.2. The number of pyridine rings is 1. The first-order chi connectivity index (χ1) is 15.6. The zero-order valence-electron chi connectivity index (χ0n) is 20.5. The van der Waals surface area contributed by atoms with Crippen LogP contribution in [0, 0.1) is 11.3 Å². The number of rotatable bonds is 3. The van der Waals surface area contributed by atoms with Crippen molar-refractivity contribution in [3.63, 3.8) is 0 Å². The number of amides is 2. The summed E-state index contributed by atoms with van der Waals surface area (Å²) in [6, 6.07) is 10.1. The highest BCUT2D eigenvalue weighted by molar-refractivity contribution is 6.04. The van der Waals surface area contributed by atoms with E-state index in [-0.39, 0.29) is 17.4 Å². The minimum Gasteiger partial charge on any atom is -0.400 e. The predicted octanol–water partition coefficient (Wildman–Crippen LogP) is 3.60. The molecule has 2 heterocycles. The van der Waals surface area contributed by atoms with Crippen LogP contribution in [0.15, 0.2) is 36.5 Å². The minimum atomic E-state index is -0.385. The summed E-state index contributed by atoms with van der Waals surface area (Å²) in [4.78, 5) is 35.6. The number of anilines is 1. The summed E-state index contributed by atoms with van der Waals surface area (Å²) in [5.41, 5.74) is 1.89. The van der Waals surface area contributed by atoms with E-state index in [1.807, 2.05) is 40.7 Å². The number of benzene rings is 1. The molecule has 2 aromatic heterocycles. The summed E-state index contributed by atoms with van der Waals surface area (Å²) in [7, 11) is 4.47. The van der Waals surface area contributed by atoms with E-state index < -0.39 is 0 Å². The van der Waals surface area contributed by atoms with Crippen LogP contribution in [0.3, 0.4) is 0 Å². The number of imidazole rings is 1. The second-order valence-corrected chi connectivity index (χ2v) is 7.74. The lowest BCUT2D eigenvalue weighted by molar-refractivity contribution is 0.0655. The first-order valence-corrected chi connectivity index (χ1v) is 10.5. The van der Waals surface area contributed by atoms with Gasteiger partial charge in [-0.1, -0.05) is 19.9 Å². The molecule has 0 aliphatic heterocycles. The molecule has 0 aliphatic carbocycles. The molecule has 0 saturated heterocycles. The number of aromatic nitrogens is 3. The molecule has 0 spiro atoms. The van der Waals surface area contributed by atoms with E-state index in [4.69, 9.17) is 10.4 Å². The van der Waals surface area contributed by atoms with Crippen LogP contribution < -0.4 is 5.32 Å². The van der Waals surface area contributed by atoms with E-state index in [0.29, 0.717) is 33.8 Å². The SMILES string of the molecule is CC.CN(C(=O)c1cnc2c(c1)nc(NC(=O)c1cccc(C#N)c1)n2C)C(C)(C)C.CO. The van der Waals surface area contributed by atoms with E-state index in [9.17, 15) is 9.59 Å². The number of hydrogen-bond acceptors (Lipinski definition) is 6. The molecule has 0 aliphatic rings. The van der Waals surface area contributed by atoms with E-state index in [2.05, 4.69) is 15.3 Å². The lowest BCUT2D eigenvalue weighted by Crippen LogP contribution is -2.42. The fraction of sp³-hybridized carbons (Fsp3) is 0.375. The van der Waals surface area contributed by atoms with Gasteiger partial charge in [0.1, 0.15) is 5.52 Å². The van der Waals surface area contributed by atoms with Crippen molar-refractivity contribution in [2.24, 2.45) is 7.05 Å². The summed E-state index contributed by atoms with van der Waals surface area (Å²) in [6.45, 7) is 9.85. The van der Waals surface area contributed by atoms with Gasteiger partial charge in [-0.3, -0.25) is 19.5 Å². The fourth-order valence-electron chi connectivity index (χ4n) is 2.71. The summed E-state index contributed by atoms with van der Waals surface area (Å²) < 4.78 is 1.64. The van der Waals surface area contributed by atoms with Gasteiger partial charge in [0, 0.05) is 38.5 Å². The van der Waals surface area contributed by atoms with Crippen molar-refractivity contribution in [3.05, 3.63) is 53.2 Å². The number of aliphatic hydroxyl groups excluding tert-OH is 1. The first-order valence-electron chi connectivity index (χ1n) is 10.5.